The maximum atomic E-state index is 12.5. The monoisotopic (exact) mass is 320 g/mol. The Bertz CT molecular complexity index is 921. The van der Waals surface area contributed by atoms with Gasteiger partial charge in [-0.1, -0.05) is 12.1 Å². The first-order valence-electron chi connectivity index (χ1n) is 6.85. The number of rotatable bonds is 4. The van der Waals surface area contributed by atoms with E-state index in [1.165, 1.54) is 0 Å². The largest absolute Gasteiger partial charge is 0.360 e. The Morgan fingerprint density at radius 3 is 2.73 bits per heavy atom. The molecule has 0 saturated heterocycles. The Hall–Kier alpha value is -2.35. The van der Waals surface area contributed by atoms with Crippen molar-refractivity contribution in [3.05, 3.63) is 35.5 Å². The van der Waals surface area contributed by atoms with Crippen LogP contribution in [0.4, 0.5) is 5.69 Å². The van der Waals surface area contributed by atoms with Gasteiger partial charge in [-0.25, -0.2) is 13.4 Å². The lowest BCUT2D eigenvalue weighted by Crippen LogP contribution is -2.14. The Kier molecular flexibility index (Phi) is 3.40. The number of hydrogen-bond acceptors (Lipinski definition) is 5. The third kappa shape index (κ3) is 2.45. The molecule has 2 aromatic heterocycles. The van der Waals surface area contributed by atoms with E-state index in [1.54, 1.807) is 32.0 Å². The molecule has 7 nitrogen and oxygen atoms in total. The molecule has 0 aliphatic heterocycles. The van der Waals surface area contributed by atoms with Crippen molar-refractivity contribution in [1.82, 2.24) is 15.1 Å². The van der Waals surface area contributed by atoms with Gasteiger partial charge in [-0.2, -0.15) is 0 Å². The van der Waals surface area contributed by atoms with E-state index in [0.29, 0.717) is 11.4 Å². The standard InChI is InChI=1S/C14H16N4O3S/c1-4-13-15-11-6-5-10(7-12(11)16-13)18-22(19,20)14-8(2)17-21-9(14)3/h5-7,18H,4H2,1-3H3,(H,15,16). The Labute approximate surface area is 127 Å². The maximum Gasteiger partial charge on any atom is 0.267 e. The molecule has 2 N–H and O–H groups in total. The quantitative estimate of drug-likeness (QED) is 0.769. The second-order valence-electron chi connectivity index (χ2n) is 5.03. The van der Waals surface area contributed by atoms with Gasteiger partial charge in [-0.3, -0.25) is 4.72 Å². The molecule has 0 fully saturated rings. The fourth-order valence-corrected chi connectivity index (χ4v) is 3.74. The fraction of sp³-hybridized carbons (Fsp3) is 0.286. The van der Waals surface area contributed by atoms with Crippen LogP contribution in [0.25, 0.3) is 11.0 Å². The van der Waals surface area contributed by atoms with Crippen LogP contribution in [0.2, 0.25) is 0 Å². The van der Waals surface area contributed by atoms with E-state index in [2.05, 4.69) is 19.8 Å². The van der Waals surface area contributed by atoms with Crippen molar-refractivity contribution >= 4 is 26.7 Å². The van der Waals surface area contributed by atoms with Crippen molar-refractivity contribution in [3.63, 3.8) is 0 Å². The summed E-state index contributed by atoms with van der Waals surface area (Å²) in [5.74, 6) is 1.13. The number of sulfonamides is 1. The van der Waals surface area contributed by atoms with Crippen LogP contribution < -0.4 is 4.72 Å². The molecule has 0 unspecified atom stereocenters. The van der Waals surface area contributed by atoms with Crippen molar-refractivity contribution in [2.24, 2.45) is 0 Å². The predicted molar refractivity (Wildman–Crippen MR) is 82.3 cm³/mol. The van der Waals surface area contributed by atoms with E-state index in [1.807, 2.05) is 6.92 Å². The van der Waals surface area contributed by atoms with Crippen LogP contribution in [0, 0.1) is 13.8 Å². The first kappa shape index (κ1) is 14.6. The van der Waals surface area contributed by atoms with Crippen molar-refractivity contribution in [3.8, 4) is 0 Å². The Morgan fingerprint density at radius 2 is 2.09 bits per heavy atom. The van der Waals surface area contributed by atoms with E-state index in [9.17, 15) is 8.42 Å². The van der Waals surface area contributed by atoms with Crippen LogP contribution in [0.1, 0.15) is 24.2 Å². The second kappa shape index (κ2) is 5.13. The van der Waals surface area contributed by atoms with Crippen molar-refractivity contribution < 1.29 is 12.9 Å². The summed E-state index contributed by atoms with van der Waals surface area (Å²) in [6.45, 7) is 5.16. The van der Waals surface area contributed by atoms with Crippen LogP contribution >= 0.6 is 0 Å². The minimum Gasteiger partial charge on any atom is -0.360 e. The normalized spacial score (nSPS) is 12.0. The number of imidazole rings is 1. The van der Waals surface area contributed by atoms with E-state index in [0.717, 1.165) is 23.3 Å². The zero-order chi connectivity index (χ0) is 15.9. The molecule has 0 bridgehead atoms. The van der Waals surface area contributed by atoms with Crippen molar-refractivity contribution in [2.75, 3.05) is 4.72 Å². The van der Waals surface area contributed by atoms with Gasteiger partial charge in [0, 0.05) is 6.42 Å². The number of H-pyrrole nitrogens is 1. The molecule has 0 aliphatic carbocycles. The molecule has 0 atom stereocenters. The summed E-state index contributed by atoms with van der Waals surface area (Å²) in [6, 6.07) is 5.17. The summed E-state index contributed by atoms with van der Waals surface area (Å²) in [5.41, 5.74) is 2.38. The third-order valence-electron chi connectivity index (χ3n) is 3.35. The summed E-state index contributed by atoms with van der Waals surface area (Å²) in [6.07, 6.45) is 0.787. The Balaban J connectivity index is 1.98. The molecular weight excluding hydrogens is 304 g/mol. The summed E-state index contributed by atoms with van der Waals surface area (Å²) in [4.78, 5) is 7.62. The van der Waals surface area contributed by atoms with Gasteiger partial charge in [-0.05, 0) is 32.0 Å². The summed E-state index contributed by atoms with van der Waals surface area (Å²) < 4.78 is 32.4. The number of hydrogen-bond donors (Lipinski definition) is 2. The van der Waals surface area contributed by atoms with E-state index in [4.69, 9.17) is 4.52 Å². The SMILES string of the molecule is CCc1nc2ccc(NS(=O)(=O)c3c(C)noc3C)cc2[nH]1. The van der Waals surface area contributed by atoms with E-state index >= 15 is 0 Å². The minimum absolute atomic E-state index is 0.0754. The number of aromatic nitrogens is 3. The van der Waals surface area contributed by atoms with Gasteiger partial charge in [0.15, 0.2) is 10.7 Å². The topological polar surface area (TPSA) is 101 Å². The van der Waals surface area contributed by atoms with Gasteiger partial charge in [0.2, 0.25) is 0 Å². The first-order chi connectivity index (χ1) is 10.4. The molecule has 0 radical (unpaired) electrons. The number of nitrogens with zero attached hydrogens (tertiary/aromatic N) is 2. The molecule has 1 aromatic carbocycles. The average molecular weight is 320 g/mol. The molecule has 22 heavy (non-hydrogen) atoms. The maximum absolute atomic E-state index is 12.5. The highest BCUT2D eigenvalue weighted by molar-refractivity contribution is 7.92. The highest BCUT2D eigenvalue weighted by Crippen LogP contribution is 2.24. The number of benzene rings is 1. The average Bonchev–Trinajstić information content (AvgIpc) is 3.01. The molecule has 3 rings (SSSR count). The lowest BCUT2D eigenvalue weighted by molar-refractivity contribution is 0.390. The van der Waals surface area contributed by atoms with Crippen LogP contribution in [-0.2, 0) is 16.4 Å². The molecule has 8 heteroatoms. The third-order valence-corrected chi connectivity index (χ3v) is 4.98. The smallest absolute Gasteiger partial charge is 0.267 e. The van der Waals surface area contributed by atoms with Crippen LogP contribution in [-0.4, -0.2) is 23.5 Å². The van der Waals surface area contributed by atoms with E-state index < -0.39 is 10.0 Å². The number of aromatic amines is 1. The highest BCUT2D eigenvalue weighted by Gasteiger charge is 2.24. The molecular formula is C14H16N4O3S. The van der Waals surface area contributed by atoms with Gasteiger partial charge in [0.25, 0.3) is 10.0 Å². The number of fused-ring (bicyclic) bond motifs is 1. The van der Waals surface area contributed by atoms with Crippen molar-refractivity contribution in [1.29, 1.82) is 0 Å². The first-order valence-corrected chi connectivity index (χ1v) is 8.33. The fourth-order valence-electron chi connectivity index (χ4n) is 2.36. The summed E-state index contributed by atoms with van der Waals surface area (Å²) in [7, 11) is -3.74. The zero-order valence-electron chi connectivity index (χ0n) is 12.5. The summed E-state index contributed by atoms with van der Waals surface area (Å²) >= 11 is 0. The van der Waals surface area contributed by atoms with Gasteiger partial charge in [0.05, 0.1) is 16.7 Å². The number of anilines is 1. The van der Waals surface area contributed by atoms with Gasteiger partial charge in [0.1, 0.15) is 11.5 Å². The number of aryl methyl sites for hydroxylation is 3. The molecule has 3 aromatic rings. The lowest BCUT2D eigenvalue weighted by Gasteiger charge is -2.07. The minimum atomic E-state index is -3.74. The molecule has 0 spiro atoms. The van der Waals surface area contributed by atoms with Gasteiger partial charge in [-0.15, -0.1) is 0 Å². The zero-order valence-corrected chi connectivity index (χ0v) is 13.3. The predicted octanol–water partition coefficient (Wildman–Crippen LogP) is 2.53. The van der Waals surface area contributed by atoms with Gasteiger partial charge < -0.3 is 9.51 Å². The molecule has 116 valence electrons. The van der Waals surface area contributed by atoms with Crippen LogP contribution in [0.3, 0.4) is 0 Å². The van der Waals surface area contributed by atoms with Crippen LogP contribution in [0.5, 0.6) is 0 Å². The molecule has 0 saturated carbocycles. The van der Waals surface area contributed by atoms with Crippen molar-refractivity contribution in [2.45, 2.75) is 32.1 Å². The van der Waals surface area contributed by atoms with E-state index in [-0.39, 0.29) is 10.7 Å². The molecule has 0 amide bonds. The number of nitrogens with one attached hydrogen (secondary N) is 2. The molecule has 0 aliphatic rings. The van der Waals surface area contributed by atoms with Crippen LogP contribution in [0.15, 0.2) is 27.6 Å². The summed E-state index contributed by atoms with van der Waals surface area (Å²) in [5, 5.41) is 3.68. The lowest BCUT2D eigenvalue weighted by atomic mass is 10.3. The van der Waals surface area contributed by atoms with Gasteiger partial charge >= 0.3 is 0 Å². The molecule has 2 heterocycles. The highest BCUT2D eigenvalue weighted by atomic mass is 32.2. The second-order valence-corrected chi connectivity index (χ2v) is 6.65. The Morgan fingerprint density at radius 1 is 1.32 bits per heavy atom.